The van der Waals surface area contributed by atoms with Crippen LogP contribution in [0.5, 0.6) is 0 Å². The quantitative estimate of drug-likeness (QED) is 0.0751. The highest BCUT2D eigenvalue weighted by atomic mass is 16.7. The summed E-state index contributed by atoms with van der Waals surface area (Å²) < 4.78 is 33.7. The molecule has 4 aliphatic heterocycles. The first-order valence-electron chi connectivity index (χ1n) is 23.3. The number of carbonyl (C=O) groups is 4. The number of methoxy groups -OCH3 is 1. The number of Topliss-reactive ketones (excluding diaryl/α,β-unsaturated/α-hetero) is 1. The van der Waals surface area contributed by atoms with Gasteiger partial charge < -0.3 is 28.8 Å². The third-order valence-electron chi connectivity index (χ3n) is 14.4. The molecule has 18 nitrogen and oxygen atoms in total. The number of ketones is 1. The number of nitrogens with one attached hydrogen (secondary N) is 1. The lowest BCUT2D eigenvalue weighted by Gasteiger charge is -2.47. The predicted molar refractivity (Wildman–Crippen MR) is 238 cm³/mol. The van der Waals surface area contributed by atoms with E-state index in [0.717, 1.165) is 29.7 Å². The first-order valence-corrected chi connectivity index (χ1v) is 23.3. The molecule has 6 rings (SSSR count). The molecule has 5 heterocycles. The van der Waals surface area contributed by atoms with Crippen LogP contribution >= 0.6 is 0 Å². The lowest BCUT2D eigenvalue weighted by atomic mass is 9.73. The van der Waals surface area contributed by atoms with E-state index in [1.165, 1.54) is 6.92 Å². The molecule has 13 atom stereocenters. The van der Waals surface area contributed by atoms with Gasteiger partial charge in [0.25, 0.3) is 0 Å². The van der Waals surface area contributed by atoms with Crippen molar-refractivity contribution < 1.29 is 53.2 Å². The molecular formula is C47H71N7O11. The summed E-state index contributed by atoms with van der Waals surface area (Å²) in [6.45, 7) is 16.6. The topological polar surface area (TPSA) is 216 Å². The maximum atomic E-state index is 14.5. The van der Waals surface area contributed by atoms with Gasteiger partial charge in [0.05, 0.1) is 36.6 Å². The number of aromatic nitrogens is 3. The first kappa shape index (κ1) is 50.1. The Hall–Kier alpha value is -4.33. The number of esters is 1. The van der Waals surface area contributed by atoms with Crippen molar-refractivity contribution in [2.75, 3.05) is 27.2 Å². The van der Waals surface area contributed by atoms with Crippen LogP contribution in [-0.4, -0.2) is 146 Å². The molecular weight excluding hydrogens is 839 g/mol. The number of aliphatic imine (C=N–C) groups is 1. The molecule has 2 bridgehead atoms. The van der Waals surface area contributed by atoms with Gasteiger partial charge in [-0.2, -0.15) is 0 Å². The van der Waals surface area contributed by atoms with Crippen molar-refractivity contribution in [3.8, 4) is 11.3 Å². The van der Waals surface area contributed by atoms with E-state index in [1.807, 2.05) is 72.1 Å². The van der Waals surface area contributed by atoms with Gasteiger partial charge >= 0.3 is 12.1 Å². The number of hydrogen-bond acceptors (Lipinski definition) is 15. The highest BCUT2D eigenvalue weighted by Crippen LogP contribution is 2.44. The summed E-state index contributed by atoms with van der Waals surface area (Å²) in [5.41, 5.74) is 2.76. The number of aliphatic hydroxyl groups excluding tert-OH is 1. The minimum atomic E-state index is -1.20. The van der Waals surface area contributed by atoms with Gasteiger partial charge in [-0.25, -0.2) is 10.3 Å². The molecule has 1 aromatic heterocycles. The molecule has 1 aromatic carbocycles. The molecule has 3 saturated heterocycles. The van der Waals surface area contributed by atoms with Gasteiger partial charge in [0.2, 0.25) is 5.91 Å². The van der Waals surface area contributed by atoms with Crippen molar-refractivity contribution in [1.29, 1.82) is 0 Å². The number of likely N-dealkylation sites (N-methyl/N-ethyl adjacent to an activating group) is 1. The summed E-state index contributed by atoms with van der Waals surface area (Å²) in [6, 6.07) is 7.02. The average Bonchev–Trinajstić information content (AvgIpc) is 3.80. The number of aryl methyl sites for hydroxylation is 1. The molecule has 3 fully saturated rings. The number of aliphatic hydroxyl groups is 1. The maximum Gasteiger partial charge on any atom is 0.410 e. The standard InChI is InChI=1S/C47H71N7O11/c1-11-36-47(8)41-29(4)38(48-20-22-54(41)45(59)65-47)27(2)24-46(7,61-10)42(30(5)39(56)31(6)43(58)63-36)64-44-40(57)35(23-28(3)62-44)52(9)25-32-17-14-15-18-33(32)34-26-53(51-49-34)21-16-12-13-19-37(55)50-60/h14-15,17-18,26-31,35-36,40-42,44,57,60H,11-13,16,19-25H2,1-10H3,(H,50,55)/t27-,28-,29+,30+,31-,35+,36-,40-,41-,42-,44+,46+,47-/m1/s1. The van der Waals surface area contributed by atoms with Crippen molar-refractivity contribution in [3.63, 3.8) is 0 Å². The SMILES string of the molecule is CC[C@H]1OC(=O)[C@H](C)C(=O)[C@H](C)[C@@H](O[C@@H]2O[C@H](C)C[C@H](N(C)Cc3ccccc3-c3cn(CCCCCC(=O)NO)nn3)[C@H]2O)[C@@](C)(OC)C[C@@H](C)C2=NCCN3C(=O)O[C@@]1(C)[C@H]3[C@H]2C. The van der Waals surface area contributed by atoms with Crippen molar-refractivity contribution in [3.05, 3.63) is 36.0 Å². The number of nitrogens with zero attached hydrogens (tertiary/aromatic N) is 6. The number of rotatable bonds is 14. The van der Waals surface area contributed by atoms with E-state index < -0.39 is 83.5 Å². The predicted octanol–water partition coefficient (Wildman–Crippen LogP) is 4.97. The van der Waals surface area contributed by atoms with Gasteiger partial charge in [0.15, 0.2) is 17.7 Å². The molecule has 2 amide bonds. The molecule has 0 saturated carbocycles. The Bertz CT molecular complexity index is 2030. The van der Waals surface area contributed by atoms with Gasteiger partial charge in [0, 0.05) is 62.3 Å². The number of unbranched alkanes of at least 4 members (excludes halogenated alkanes) is 2. The van der Waals surface area contributed by atoms with Crippen LogP contribution in [0.15, 0.2) is 35.5 Å². The lowest BCUT2D eigenvalue weighted by Crippen LogP contribution is -2.60. The minimum Gasteiger partial charge on any atom is -0.458 e. The fourth-order valence-corrected chi connectivity index (χ4v) is 10.8. The van der Waals surface area contributed by atoms with Gasteiger partial charge in [-0.1, -0.05) is 63.6 Å². The molecule has 18 heteroatoms. The van der Waals surface area contributed by atoms with E-state index in [-0.39, 0.29) is 24.4 Å². The van der Waals surface area contributed by atoms with Crippen LogP contribution in [0.25, 0.3) is 11.3 Å². The van der Waals surface area contributed by atoms with Crippen LogP contribution in [0.1, 0.15) is 106 Å². The fourth-order valence-electron chi connectivity index (χ4n) is 10.8. The second-order valence-electron chi connectivity index (χ2n) is 19.1. The monoisotopic (exact) mass is 910 g/mol. The summed E-state index contributed by atoms with van der Waals surface area (Å²) in [7, 11) is 3.52. The molecule has 4 aliphatic rings. The summed E-state index contributed by atoms with van der Waals surface area (Å²) in [5.74, 6) is -4.16. The zero-order valence-electron chi connectivity index (χ0n) is 39.8. The van der Waals surface area contributed by atoms with E-state index in [9.17, 15) is 24.3 Å². The Morgan fingerprint density at radius 2 is 1.80 bits per heavy atom. The zero-order valence-corrected chi connectivity index (χ0v) is 39.8. The van der Waals surface area contributed by atoms with E-state index in [4.69, 9.17) is 33.9 Å². The molecule has 0 unspecified atom stereocenters. The number of amides is 2. The van der Waals surface area contributed by atoms with Crippen molar-refractivity contribution in [1.82, 2.24) is 30.3 Å². The average molecular weight is 910 g/mol. The Morgan fingerprint density at radius 1 is 1.06 bits per heavy atom. The van der Waals surface area contributed by atoms with Crippen LogP contribution in [-0.2, 0) is 51.2 Å². The second-order valence-corrected chi connectivity index (χ2v) is 19.1. The third-order valence-corrected chi connectivity index (χ3v) is 14.4. The Morgan fingerprint density at radius 3 is 2.51 bits per heavy atom. The smallest absolute Gasteiger partial charge is 0.410 e. The van der Waals surface area contributed by atoms with Gasteiger partial charge in [-0.3, -0.25) is 39.1 Å². The van der Waals surface area contributed by atoms with Crippen molar-refractivity contribution in [2.24, 2.45) is 28.7 Å². The third kappa shape index (κ3) is 10.6. The van der Waals surface area contributed by atoms with Crippen LogP contribution in [0.4, 0.5) is 4.79 Å². The fraction of sp³-hybridized carbons (Fsp3) is 0.723. The largest absolute Gasteiger partial charge is 0.458 e. The van der Waals surface area contributed by atoms with Gasteiger partial charge in [-0.15, -0.1) is 5.10 Å². The van der Waals surface area contributed by atoms with Crippen LogP contribution in [0, 0.1) is 23.7 Å². The number of cyclic esters (lactones) is 1. The number of ether oxygens (including phenoxy) is 5. The van der Waals surface area contributed by atoms with Crippen LogP contribution in [0.3, 0.4) is 0 Å². The first-order chi connectivity index (χ1) is 30.9. The lowest BCUT2D eigenvalue weighted by molar-refractivity contribution is -0.296. The molecule has 2 aromatic rings. The molecule has 0 spiro atoms. The van der Waals surface area contributed by atoms with Gasteiger partial charge in [0.1, 0.15) is 23.8 Å². The molecule has 3 N–H and O–H groups in total. The number of hydroxylamine groups is 1. The van der Waals surface area contributed by atoms with Crippen LogP contribution in [0.2, 0.25) is 0 Å². The highest BCUT2D eigenvalue weighted by Gasteiger charge is 2.60. The maximum absolute atomic E-state index is 14.5. The summed E-state index contributed by atoms with van der Waals surface area (Å²) in [6.07, 6.45) is 0.650. The summed E-state index contributed by atoms with van der Waals surface area (Å²) in [4.78, 5) is 62.1. The second kappa shape index (κ2) is 21.1. The van der Waals surface area contributed by atoms with Crippen molar-refractivity contribution in [2.45, 2.75) is 167 Å². The number of fused-ring (bicyclic) bond motifs is 1. The highest BCUT2D eigenvalue weighted by molar-refractivity contribution is 6.00. The van der Waals surface area contributed by atoms with Crippen molar-refractivity contribution >= 4 is 29.5 Å². The normalized spacial score (nSPS) is 34.7. The molecule has 0 aliphatic carbocycles. The number of benzene rings is 1. The summed E-state index contributed by atoms with van der Waals surface area (Å²) in [5, 5.41) is 29.8. The number of carbonyl (C=O) groups excluding carboxylic acids is 4. The van der Waals surface area contributed by atoms with E-state index in [2.05, 4.69) is 22.1 Å². The minimum absolute atomic E-state index is 0.213. The molecule has 360 valence electrons. The van der Waals surface area contributed by atoms with E-state index >= 15 is 0 Å². The Kier molecular flexibility index (Phi) is 16.3. The summed E-state index contributed by atoms with van der Waals surface area (Å²) >= 11 is 0. The zero-order chi connectivity index (χ0) is 47.4. The molecule has 65 heavy (non-hydrogen) atoms. The van der Waals surface area contributed by atoms with E-state index in [1.54, 1.807) is 29.1 Å². The van der Waals surface area contributed by atoms with Crippen LogP contribution < -0.4 is 5.48 Å². The Balaban J connectivity index is 1.24. The number of hydrogen-bond donors (Lipinski definition) is 3. The van der Waals surface area contributed by atoms with E-state index in [0.29, 0.717) is 57.6 Å². The van der Waals surface area contributed by atoms with Gasteiger partial charge in [-0.05, 0) is 78.3 Å². The molecule has 0 radical (unpaired) electrons. The Labute approximate surface area is 382 Å².